The second-order valence-corrected chi connectivity index (χ2v) is 7.69. The third-order valence-corrected chi connectivity index (χ3v) is 5.67. The average molecular weight is 352 g/mol. The number of aryl methyl sites for hydroxylation is 1. The van der Waals surface area contributed by atoms with Gasteiger partial charge in [-0.1, -0.05) is 6.07 Å². The Morgan fingerprint density at radius 3 is 2.73 bits per heavy atom. The highest BCUT2D eigenvalue weighted by Crippen LogP contribution is 2.35. The predicted octanol–water partition coefficient (Wildman–Crippen LogP) is 2.35. The van der Waals surface area contributed by atoms with E-state index in [4.69, 9.17) is 4.98 Å². The summed E-state index contributed by atoms with van der Waals surface area (Å²) in [5.41, 5.74) is 2.27. The Hall–Kier alpha value is -2.21. The SMILES string of the molecule is Cc1cccc(CN2CCC3CCN(c4nccnc4N(C)C)CC32)n1. The first kappa shape index (κ1) is 17.2. The molecule has 0 spiro atoms. The summed E-state index contributed by atoms with van der Waals surface area (Å²) >= 11 is 0. The fourth-order valence-electron chi connectivity index (χ4n) is 4.37. The van der Waals surface area contributed by atoms with Gasteiger partial charge in [-0.05, 0) is 44.4 Å². The summed E-state index contributed by atoms with van der Waals surface area (Å²) in [5.74, 6) is 2.75. The second kappa shape index (κ2) is 7.19. The molecule has 0 amide bonds. The zero-order valence-corrected chi connectivity index (χ0v) is 16.0. The first-order valence-electron chi connectivity index (χ1n) is 9.51. The number of anilines is 2. The van der Waals surface area contributed by atoms with Crippen LogP contribution >= 0.6 is 0 Å². The zero-order chi connectivity index (χ0) is 18.1. The van der Waals surface area contributed by atoms with Crippen LogP contribution in [-0.2, 0) is 6.54 Å². The molecule has 6 heteroatoms. The molecule has 0 aromatic carbocycles. The average Bonchev–Trinajstić information content (AvgIpc) is 3.04. The van der Waals surface area contributed by atoms with Crippen molar-refractivity contribution in [1.82, 2.24) is 19.9 Å². The Morgan fingerprint density at radius 2 is 1.92 bits per heavy atom. The molecule has 2 atom stereocenters. The van der Waals surface area contributed by atoms with Crippen molar-refractivity contribution >= 4 is 11.6 Å². The number of nitrogens with zero attached hydrogens (tertiary/aromatic N) is 6. The van der Waals surface area contributed by atoms with Crippen LogP contribution in [-0.4, -0.2) is 59.6 Å². The van der Waals surface area contributed by atoms with Crippen molar-refractivity contribution in [2.45, 2.75) is 32.4 Å². The molecule has 0 N–H and O–H groups in total. The van der Waals surface area contributed by atoms with E-state index in [2.05, 4.69) is 49.8 Å². The molecule has 2 aliphatic heterocycles. The highest BCUT2D eigenvalue weighted by atomic mass is 15.3. The standard InChI is InChI=1S/C20H28N6/c1-15-5-4-6-17(23-15)13-25-11-7-16-8-12-26(14-18(16)25)20-19(24(2)3)21-9-10-22-20/h4-6,9-10,16,18H,7-8,11-14H2,1-3H3. The van der Waals surface area contributed by atoms with Gasteiger partial charge in [-0.25, -0.2) is 9.97 Å². The number of hydrogen-bond donors (Lipinski definition) is 0. The minimum atomic E-state index is 0.572. The molecule has 2 aromatic heterocycles. The molecule has 2 unspecified atom stereocenters. The molecular formula is C20H28N6. The molecule has 0 saturated carbocycles. The molecule has 0 bridgehead atoms. The molecule has 0 aliphatic carbocycles. The smallest absolute Gasteiger partial charge is 0.172 e. The molecule has 2 fully saturated rings. The summed E-state index contributed by atoms with van der Waals surface area (Å²) in [6.07, 6.45) is 6.10. The Kier molecular flexibility index (Phi) is 4.76. The highest BCUT2D eigenvalue weighted by Gasteiger charge is 2.39. The van der Waals surface area contributed by atoms with Crippen molar-refractivity contribution in [3.63, 3.8) is 0 Å². The van der Waals surface area contributed by atoms with Crippen LogP contribution in [0.25, 0.3) is 0 Å². The summed E-state index contributed by atoms with van der Waals surface area (Å²) in [6.45, 7) is 6.26. The molecule has 2 saturated heterocycles. The van der Waals surface area contributed by atoms with E-state index < -0.39 is 0 Å². The predicted molar refractivity (Wildman–Crippen MR) is 104 cm³/mol. The van der Waals surface area contributed by atoms with E-state index in [1.54, 1.807) is 12.4 Å². The van der Waals surface area contributed by atoms with E-state index in [-0.39, 0.29) is 0 Å². The summed E-state index contributed by atoms with van der Waals surface area (Å²) in [5, 5.41) is 0. The minimum absolute atomic E-state index is 0.572. The highest BCUT2D eigenvalue weighted by molar-refractivity contribution is 5.61. The number of fused-ring (bicyclic) bond motifs is 1. The quantitative estimate of drug-likeness (QED) is 0.842. The van der Waals surface area contributed by atoms with Crippen LogP contribution in [0.5, 0.6) is 0 Å². The van der Waals surface area contributed by atoms with E-state index in [1.807, 2.05) is 14.1 Å². The maximum absolute atomic E-state index is 4.70. The molecule has 26 heavy (non-hydrogen) atoms. The summed E-state index contributed by atoms with van der Waals surface area (Å²) < 4.78 is 0. The fraction of sp³-hybridized carbons (Fsp3) is 0.550. The van der Waals surface area contributed by atoms with E-state index >= 15 is 0 Å². The lowest BCUT2D eigenvalue weighted by Crippen LogP contribution is -2.48. The first-order chi connectivity index (χ1) is 12.6. The van der Waals surface area contributed by atoms with Gasteiger partial charge in [0, 0.05) is 57.9 Å². The molecule has 4 rings (SSSR count). The Balaban J connectivity index is 1.52. The molecule has 2 aromatic rings. The van der Waals surface area contributed by atoms with Gasteiger partial charge in [-0.2, -0.15) is 0 Å². The van der Waals surface area contributed by atoms with Gasteiger partial charge < -0.3 is 9.80 Å². The van der Waals surface area contributed by atoms with Gasteiger partial charge in [0.15, 0.2) is 11.6 Å². The van der Waals surface area contributed by atoms with Crippen molar-refractivity contribution in [3.05, 3.63) is 42.0 Å². The van der Waals surface area contributed by atoms with Crippen molar-refractivity contribution in [1.29, 1.82) is 0 Å². The van der Waals surface area contributed by atoms with Crippen LogP contribution in [0.2, 0.25) is 0 Å². The fourth-order valence-corrected chi connectivity index (χ4v) is 4.37. The van der Waals surface area contributed by atoms with Gasteiger partial charge >= 0.3 is 0 Å². The van der Waals surface area contributed by atoms with Crippen molar-refractivity contribution < 1.29 is 0 Å². The number of aromatic nitrogens is 3. The van der Waals surface area contributed by atoms with Gasteiger partial charge in [0.05, 0.1) is 5.69 Å². The third kappa shape index (κ3) is 3.38. The van der Waals surface area contributed by atoms with Crippen molar-refractivity contribution in [3.8, 4) is 0 Å². The Bertz CT molecular complexity index is 761. The van der Waals surface area contributed by atoms with Gasteiger partial charge in [0.1, 0.15) is 0 Å². The lowest BCUT2D eigenvalue weighted by atomic mass is 9.92. The Labute approximate surface area is 155 Å². The number of hydrogen-bond acceptors (Lipinski definition) is 6. The molecule has 2 aliphatic rings. The van der Waals surface area contributed by atoms with Gasteiger partial charge in [-0.15, -0.1) is 0 Å². The van der Waals surface area contributed by atoms with E-state index in [9.17, 15) is 0 Å². The molecule has 6 nitrogen and oxygen atoms in total. The van der Waals surface area contributed by atoms with Crippen LogP contribution in [0.4, 0.5) is 11.6 Å². The molecule has 138 valence electrons. The van der Waals surface area contributed by atoms with Crippen LogP contribution in [0, 0.1) is 12.8 Å². The van der Waals surface area contributed by atoms with Crippen molar-refractivity contribution in [2.75, 3.05) is 43.5 Å². The molecule has 4 heterocycles. The van der Waals surface area contributed by atoms with Gasteiger partial charge in [0.2, 0.25) is 0 Å². The normalized spacial score (nSPS) is 23.1. The van der Waals surface area contributed by atoms with E-state index in [0.717, 1.165) is 42.9 Å². The van der Waals surface area contributed by atoms with Crippen molar-refractivity contribution in [2.24, 2.45) is 5.92 Å². The number of pyridine rings is 1. The number of piperidine rings is 1. The monoisotopic (exact) mass is 352 g/mol. The zero-order valence-electron chi connectivity index (χ0n) is 16.0. The van der Waals surface area contributed by atoms with Gasteiger partial charge in [0.25, 0.3) is 0 Å². The lowest BCUT2D eigenvalue weighted by Gasteiger charge is -2.39. The van der Waals surface area contributed by atoms with Gasteiger partial charge in [-0.3, -0.25) is 9.88 Å². The summed E-state index contributed by atoms with van der Waals surface area (Å²) in [6, 6.07) is 6.90. The maximum Gasteiger partial charge on any atom is 0.172 e. The third-order valence-electron chi connectivity index (χ3n) is 5.67. The second-order valence-electron chi connectivity index (χ2n) is 7.69. The van der Waals surface area contributed by atoms with E-state index in [1.165, 1.54) is 25.1 Å². The van der Waals surface area contributed by atoms with Crippen LogP contribution in [0.1, 0.15) is 24.2 Å². The number of rotatable bonds is 4. The summed E-state index contributed by atoms with van der Waals surface area (Å²) in [7, 11) is 4.07. The topological polar surface area (TPSA) is 48.4 Å². The van der Waals surface area contributed by atoms with Crippen LogP contribution in [0.3, 0.4) is 0 Å². The lowest BCUT2D eigenvalue weighted by molar-refractivity contribution is 0.198. The molecular weight excluding hydrogens is 324 g/mol. The number of likely N-dealkylation sites (tertiary alicyclic amines) is 1. The maximum atomic E-state index is 4.70. The summed E-state index contributed by atoms with van der Waals surface area (Å²) in [4.78, 5) is 21.0. The van der Waals surface area contributed by atoms with E-state index in [0.29, 0.717) is 6.04 Å². The largest absolute Gasteiger partial charge is 0.360 e. The molecule has 0 radical (unpaired) electrons. The minimum Gasteiger partial charge on any atom is -0.360 e. The van der Waals surface area contributed by atoms with Crippen LogP contribution < -0.4 is 9.80 Å². The Morgan fingerprint density at radius 1 is 1.12 bits per heavy atom. The first-order valence-corrected chi connectivity index (χ1v) is 9.51. The van der Waals surface area contributed by atoms with Crippen LogP contribution in [0.15, 0.2) is 30.6 Å².